The molecule has 2 N–H and O–H groups in total. The Morgan fingerprint density at radius 1 is 1.22 bits per heavy atom. The van der Waals surface area contributed by atoms with E-state index in [0.29, 0.717) is 24.3 Å². The summed E-state index contributed by atoms with van der Waals surface area (Å²) in [6.45, 7) is 3.96. The Morgan fingerprint density at radius 2 is 1.89 bits per heavy atom. The zero-order valence-corrected chi connectivity index (χ0v) is 14.9. The second-order valence-corrected chi connectivity index (χ2v) is 7.07. The fourth-order valence-corrected chi connectivity index (χ4v) is 3.82. The van der Waals surface area contributed by atoms with Gasteiger partial charge in [0.1, 0.15) is 17.1 Å². The second kappa shape index (κ2) is 6.45. The molecule has 0 amide bonds. The van der Waals surface area contributed by atoms with Crippen LogP contribution in [0, 0.1) is 5.82 Å². The molecule has 0 unspecified atom stereocenters. The van der Waals surface area contributed by atoms with Crippen molar-refractivity contribution in [2.24, 2.45) is 0 Å². The fourth-order valence-electron chi connectivity index (χ4n) is 3.82. The van der Waals surface area contributed by atoms with E-state index in [9.17, 15) is 23.9 Å². The molecule has 1 saturated carbocycles. The zero-order chi connectivity index (χ0) is 19.3. The van der Waals surface area contributed by atoms with Crippen molar-refractivity contribution in [2.45, 2.75) is 25.8 Å². The molecule has 1 aliphatic heterocycles. The first kappa shape index (κ1) is 17.7. The van der Waals surface area contributed by atoms with Crippen LogP contribution in [0.15, 0.2) is 16.9 Å². The van der Waals surface area contributed by atoms with Gasteiger partial charge in [0.25, 0.3) is 0 Å². The van der Waals surface area contributed by atoms with Crippen molar-refractivity contribution in [3.05, 3.63) is 39.4 Å². The van der Waals surface area contributed by atoms with Gasteiger partial charge in [0.05, 0.1) is 11.2 Å². The molecule has 27 heavy (non-hydrogen) atoms. The van der Waals surface area contributed by atoms with E-state index in [1.807, 2.05) is 4.90 Å². The number of carboxylic acid groups (broad SMARTS) is 1. The Bertz CT molecular complexity index is 1020. The number of fused-ring (bicyclic) bond motifs is 1. The lowest BCUT2D eigenvalue weighted by atomic mass is 10.0. The fraction of sp³-hybridized carbons (Fsp3) is 0.421. The number of rotatable bonds is 4. The SMILES string of the molecule is CC(=O)c1c(C(=O)O)c(=O)c2cc(F)c(N3CCNCC3)cc2n1C1CC1. The van der Waals surface area contributed by atoms with Crippen LogP contribution in [0.1, 0.15) is 46.7 Å². The molecule has 2 aromatic rings. The first-order chi connectivity index (χ1) is 12.9. The average Bonchev–Trinajstić information content (AvgIpc) is 3.46. The number of aromatic carboxylic acids is 1. The number of nitrogens with one attached hydrogen (secondary N) is 1. The summed E-state index contributed by atoms with van der Waals surface area (Å²) in [5.41, 5.74) is -0.690. The topological polar surface area (TPSA) is 91.6 Å². The molecule has 0 radical (unpaired) electrons. The molecular weight excluding hydrogens is 353 g/mol. The van der Waals surface area contributed by atoms with Gasteiger partial charge in [0.15, 0.2) is 5.78 Å². The molecule has 4 rings (SSSR count). The summed E-state index contributed by atoms with van der Waals surface area (Å²) in [7, 11) is 0. The summed E-state index contributed by atoms with van der Waals surface area (Å²) >= 11 is 0. The standard InChI is InChI=1S/C19H20FN3O4/c1-10(24)17-16(19(26)27)18(25)12-8-13(20)15(22-6-4-21-5-7-22)9-14(12)23(17)11-2-3-11/h8-9,11,21H,2-7H2,1H3,(H,26,27). The van der Waals surface area contributed by atoms with Gasteiger partial charge in [-0.05, 0) is 25.0 Å². The van der Waals surface area contributed by atoms with E-state index in [2.05, 4.69) is 5.32 Å². The number of nitrogens with zero attached hydrogens (tertiary/aromatic N) is 2. The second-order valence-electron chi connectivity index (χ2n) is 7.07. The van der Waals surface area contributed by atoms with Crippen LogP contribution in [0.4, 0.5) is 10.1 Å². The maximum Gasteiger partial charge on any atom is 0.342 e. The molecule has 1 aromatic carbocycles. The minimum atomic E-state index is -1.46. The minimum absolute atomic E-state index is 0.000634. The van der Waals surface area contributed by atoms with E-state index in [1.54, 1.807) is 10.6 Å². The van der Waals surface area contributed by atoms with Gasteiger partial charge < -0.3 is 19.9 Å². The Balaban J connectivity index is 2.07. The van der Waals surface area contributed by atoms with Crippen LogP contribution in [-0.4, -0.2) is 47.6 Å². The number of hydrogen-bond acceptors (Lipinski definition) is 5. The molecule has 2 fully saturated rings. The summed E-state index contributed by atoms with van der Waals surface area (Å²) < 4.78 is 16.4. The number of hydrogen-bond donors (Lipinski definition) is 2. The van der Waals surface area contributed by atoms with Crippen LogP contribution in [0.25, 0.3) is 10.9 Å². The number of halogens is 1. The number of Topliss-reactive ketones (excluding diaryl/α,β-unsaturated/α-hetero) is 1. The Morgan fingerprint density at radius 3 is 2.44 bits per heavy atom. The highest BCUT2D eigenvalue weighted by molar-refractivity contribution is 6.06. The van der Waals surface area contributed by atoms with Crippen LogP contribution in [0.5, 0.6) is 0 Å². The Kier molecular flexibility index (Phi) is 4.22. The van der Waals surface area contributed by atoms with E-state index < -0.39 is 28.6 Å². The highest BCUT2D eigenvalue weighted by Crippen LogP contribution is 2.40. The third kappa shape index (κ3) is 2.90. The quantitative estimate of drug-likeness (QED) is 0.794. The number of carbonyl (C=O) groups excluding carboxylic acids is 1. The van der Waals surface area contributed by atoms with Crippen molar-refractivity contribution in [1.29, 1.82) is 0 Å². The molecule has 1 saturated heterocycles. The van der Waals surface area contributed by atoms with Crippen molar-refractivity contribution < 1.29 is 19.1 Å². The largest absolute Gasteiger partial charge is 0.477 e. The van der Waals surface area contributed by atoms with Crippen molar-refractivity contribution in [2.75, 3.05) is 31.1 Å². The molecule has 2 aliphatic rings. The van der Waals surface area contributed by atoms with Crippen LogP contribution >= 0.6 is 0 Å². The van der Waals surface area contributed by atoms with Crippen molar-refractivity contribution >= 4 is 28.3 Å². The summed E-state index contributed by atoms with van der Waals surface area (Å²) in [6.07, 6.45) is 1.58. The van der Waals surface area contributed by atoms with E-state index in [4.69, 9.17) is 0 Å². The molecule has 7 nitrogen and oxygen atoms in total. The van der Waals surface area contributed by atoms with E-state index >= 15 is 0 Å². The summed E-state index contributed by atoms with van der Waals surface area (Å²) in [5.74, 6) is -2.50. The molecule has 0 bridgehead atoms. The molecule has 0 atom stereocenters. The summed E-state index contributed by atoms with van der Waals surface area (Å²) in [4.78, 5) is 38.7. The number of pyridine rings is 1. The molecule has 0 spiro atoms. The maximum atomic E-state index is 14.8. The van der Waals surface area contributed by atoms with Crippen molar-refractivity contribution in [3.63, 3.8) is 0 Å². The van der Waals surface area contributed by atoms with Crippen LogP contribution in [0.3, 0.4) is 0 Å². The van der Waals surface area contributed by atoms with Gasteiger partial charge >= 0.3 is 5.97 Å². The number of benzene rings is 1. The van der Waals surface area contributed by atoms with E-state index in [0.717, 1.165) is 32.0 Å². The number of anilines is 1. The van der Waals surface area contributed by atoms with Gasteiger partial charge in [0.2, 0.25) is 5.43 Å². The lowest BCUT2D eigenvalue weighted by Crippen LogP contribution is -2.44. The van der Waals surface area contributed by atoms with Crippen molar-refractivity contribution in [1.82, 2.24) is 9.88 Å². The molecule has 1 aliphatic carbocycles. The Labute approximate surface area is 154 Å². The lowest BCUT2D eigenvalue weighted by molar-refractivity contribution is 0.0689. The Hall–Kier alpha value is -2.74. The first-order valence-corrected chi connectivity index (χ1v) is 9.01. The van der Waals surface area contributed by atoms with Gasteiger partial charge in [-0.3, -0.25) is 9.59 Å². The maximum absolute atomic E-state index is 14.8. The van der Waals surface area contributed by atoms with Gasteiger partial charge in [0, 0.05) is 44.5 Å². The molecular formula is C19H20FN3O4. The summed E-state index contributed by atoms with van der Waals surface area (Å²) in [5, 5.41) is 12.7. The number of carbonyl (C=O) groups is 2. The number of carboxylic acids is 1. The predicted octanol–water partition coefficient (Wildman–Crippen LogP) is 1.79. The molecule has 142 valence electrons. The van der Waals surface area contributed by atoms with Gasteiger partial charge in [-0.1, -0.05) is 0 Å². The monoisotopic (exact) mass is 373 g/mol. The average molecular weight is 373 g/mol. The van der Waals surface area contributed by atoms with E-state index in [1.165, 1.54) is 6.92 Å². The highest BCUT2D eigenvalue weighted by Gasteiger charge is 2.33. The van der Waals surface area contributed by atoms with E-state index in [-0.39, 0.29) is 17.1 Å². The van der Waals surface area contributed by atoms with Gasteiger partial charge in [-0.2, -0.15) is 0 Å². The predicted molar refractivity (Wildman–Crippen MR) is 98.5 cm³/mol. The molecule has 8 heteroatoms. The number of aromatic nitrogens is 1. The highest BCUT2D eigenvalue weighted by atomic mass is 19.1. The smallest absolute Gasteiger partial charge is 0.342 e. The number of ketones is 1. The lowest BCUT2D eigenvalue weighted by Gasteiger charge is -2.30. The minimum Gasteiger partial charge on any atom is -0.477 e. The van der Waals surface area contributed by atoms with Crippen LogP contribution < -0.4 is 15.6 Å². The summed E-state index contributed by atoms with van der Waals surface area (Å²) in [6, 6.07) is 2.66. The third-order valence-corrected chi connectivity index (χ3v) is 5.19. The zero-order valence-electron chi connectivity index (χ0n) is 14.9. The van der Waals surface area contributed by atoms with Crippen LogP contribution in [0.2, 0.25) is 0 Å². The third-order valence-electron chi connectivity index (χ3n) is 5.19. The van der Waals surface area contributed by atoms with Crippen molar-refractivity contribution in [3.8, 4) is 0 Å². The van der Waals surface area contributed by atoms with Gasteiger partial charge in [-0.15, -0.1) is 0 Å². The van der Waals surface area contributed by atoms with Crippen LogP contribution in [-0.2, 0) is 0 Å². The van der Waals surface area contributed by atoms with Gasteiger partial charge in [-0.25, -0.2) is 9.18 Å². The molecule has 2 heterocycles. The first-order valence-electron chi connectivity index (χ1n) is 9.01. The molecule has 1 aromatic heterocycles. The normalized spacial score (nSPS) is 17.3. The number of piperazine rings is 1.